The summed E-state index contributed by atoms with van der Waals surface area (Å²) < 4.78 is 0. The molecule has 0 radical (unpaired) electrons. The zero-order chi connectivity index (χ0) is 12.7. The summed E-state index contributed by atoms with van der Waals surface area (Å²) in [5.41, 5.74) is 0. The van der Waals surface area contributed by atoms with Gasteiger partial charge in [0.15, 0.2) is 0 Å². The van der Waals surface area contributed by atoms with Crippen LogP contribution < -0.4 is 5.32 Å². The van der Waals surface area contributed by atoms with Crippen LogP contribution in [0, 0.1) is 5.92 Å². The molecule has 0 spiro atoms. The molecular weight excluding hydrogens is 226 g/mol. The van der Waals surface area contributed by atoms with Crippen molar-refractivity contribution in [1.82, 2.24) is 5.32 Å². The third-order valence-electron chi connectivity index (χ3n) is 2.23. The van der Waals surface area contributed by atoms with E-state index in [1.165, 1.54) is 0 Å². The van der Waals surface area contributed by atoms with Gasteiger partial charge in [-0.1, -0.05) is 27.7 Å². The first-order chi connectivity index (χ1) is 7.43. The van der Waals surface area contributed by atoms with Crippen LogP contribution in [0.1, 0.15) is 34.1 Å². The highest BCUT2D eigenvalue weighted by Crippen LogP contribution is 2.19. The summed E-state index contributed by atoms with van der Waals surface area (Å²) in [4.78, 5) is 22.6. The van der Waals surface area contributed by atoms with Gasteiger partial charge in [-0.25, -0.2) is 4.79 Å². The number of nitrogens with one attached hydrogen (secondary N) is 1. The van der Waals surface area contributed by atoms with Crippen molar-refractivity contribution in [2.45, 2.75) is 45.4 Å². The molecule has 94 valence electrons. The number of aliphatic carboxylic acids is 1. The first-order valence-electron chi connectivity index (χ1n) is 5.58. The molecule has 0 bridgehead atoms. The number of hydrogen-bond donors (Lipinski definition) is 2. The van der Waals surface area contributed by atoms with Gasteiger partial charge in [0.2, 0.25) is 5.91 Å². The van der Waals surface area contributed by atoms with E-state index in [0.29, 0.717) is 6.42 Å². The number of carbonyl (C=O) groups is 2. The molecule has 2 N–H and O–H groups in total. The molecule has 0 saturated carbocycles. The smallest absolute Gasteiger partial charge is 0.326 e. The van der Waals surface area contributed by atoms with Crippen molar-refractivity contribution in [3.05, 3.63) is 0 Å². The van der Waals surface area contributed by atoms with Gasteiger partial charge in [0.05, 0.1) is 5.25 Å². The highest BCUT2D eigenvalue weighted by molar-refractivity contribution is 8.00. The maximum atomic E-state index is 11.9. The molecule has 4 nitrogen and oxygen atoms in total. The largest absolute Gasteiger partial charge is 0.480 e. The zero-order valence-electron chi connectivity index (χ0n) is 10.3. The Morgan fingerprint density at radius 2 is 1.88 bits per heavy atom. The van der Waals surface area contributed by atoms with Gasteiger partial charge in [-0.2, -0.15) is 0 Å². The van der Waals surface area contributed by atoms with Crippen LogP contribution in [-0.2, 0) is 9.59 Å². The molecule has 0 aromatic carbocycles. The summed E-state index contributed by atoms with van der Waals surface area (Å²) in [5.74, 6) is -0.0904. The molecule has 0 fully saturated rings. The van der Waals surface area contributed by atoms with Crippen molar-refractivity contribution in [1.29, 1.82) is 0 Å². The van der Waals surface area contributed by atoms with Gasteiger partial charge in [0, 0.05) is 0 Å². The monoisotopic (exact) mass is 247 g/mol. The van der Waals surface area contributed by atoms with Crippen molar-refractivity contribution in [2.24, 2.45) is 5.92 Å². The van der Waals surface area contributed by atoms with E-state index in [-0.39, 0.29) is 17.1 Å². The Hall–Kier alpha value is -0.710. The fraction of sp³-hybridized carbons (Fsp3) is 0.818. The standard InChI is InChI=1S/C11H21NO3S/c1-5-8(11(14)15)12-10(13)9(7(3)4)16-6-2/h7-9H,5-6H2,1-4H3,(H,12,13)(H,14,15). The van der Waals surface area contributed by atoms with Crippen LogP contribution in [0.5, 0.6) is 0 Å². The summed E-state index contributed by atoms with van der Waals surface area (Å²) in [6, 6.07) is -0.772. The van der Waals surface area contributed by atoms with E-state index < -0.39 is 12.0 Å². The quantitative estimate of drug-likeness (QED) is 0.719. The third-order valence-corrected chi connectivity index (χ3v) is 3.68. The second kappa shape index (κ2) is 7.54. The van der Waals surface area contributed by atoms with Gasteiger partial charge in [-0.05, 0) is 18.1 Å². The molecule has 2 atom stereocenters. The van der Waals surface area contributed by atoms with E-state index in [1.807, 2.05) is 20.8 Å². The molecule has 0 saturated heterocycles. The van der Waals surface area contributed by atoms with E-state index in [4.69, 9.17) is 5.11 Å². The van der Waals surface area contributed by atoms with Crippen LogP contribution >= 0.6 is 11.8 Å². The number of carbonyl (C=O) groups excluding carboxylic acids is 1. The predicted octanol–water partition coefficient (Wildman–Crippen LogP) is 1.74. The lowest BCUT2D eigenvalue weighted by Gasteiger charge is -2.21. The molecule has 16 heavy (non-hydrogen) atoms. The Morgan fingerprint density at radius 3 is 2.19 bits per heavy atom. The average Bonchev–Trinajstić information content (AvgIpc) is 2.21. The molecule has 0 aliphatic heterocycles. The highest BCUT2D eigenvalue weighted by Gasteiger charge is 2.26. The van der Waals surface area contributed by atoms with Crippen LogP contribution in [0.4, 0.5) is 0 Å². The summed E-state index contributed by atoms with van der Waals surface area (Å²) in [7, 11) is 0. The van der Waals surface area contributed by atoms with Crippen molar-refractivity contribution in [3.63, 3.8) is 0 Å². The topological polar surface area (TPSA) is 66.4 Å². The van der Waals surface area contributed by atoms with Crippen LogP contribution in [-0.4, -0.2) is 34.0 Å². The van der Waals surface area contributed by atoms with E-state index in [0.717, 1.165) is 5.75 Å². The molecule has 2 unspecified atom stereocenters. The molecule has 0 aromatic rings. The number of hydrogen-bond acceptors (Lipinski definition) is 3. The predicted molar refractivity (Wildman–Crippen MR) is 66.6 cm³/mol. The molecule has 1 amide bonds. The summed E-state index contributed by atoms with van der Waals surface area (Å²) in [6.07, 6.45) is 0.405. The fourth-order valence-electron chi connectivity index (χ4n) is 1.34. The minimum atomic E-state index is -0.972. The molecule has 0 aliphatic carbocycles. The average molecular weight is 247 g/mol. The van der Waals surface area contributed by atoms with Crippen molar-refractivity contribution < 1.29 is 14.7 Å². The highest BCUT2D eigenvalue weighted by atomic mass is 32.2. The Bertz CT molecular complexity index is 243. The Labute approximate surface area is 101 Å². The van der Waals surface area contributed by atoms with E-state index >= 15 is 0 Å². The second-order valence-electron chi connectivity index (χ2n) is 3.93. The molecule has 0 aromatic heterocycles. The fourth-order valence-corrected chi connectivity index (χ4v) is 2.31. The maximum Gasteiger partial charge on any atom is 0.326 e. The molecule has 0 rings (SSSR count). The van der Waals surface area contributed by atoms with Gasteiger partial charge < -0.3 is 10.4 Å². The van der Waals surface area contributed by atoms with Gasteiger partial charge >= 0.3 is 5.97 Å². The second-order valence-corrected chi connectivity index (χ2v) is 5.35. The lowest BCUT2D eigenvalue weighted by Crippen LogP contribution is -2.45. The lowest BCUT2D eigenvalue weighted by atomic mass is 10.1. The van der Waals surface area contributed by atoms with E-state index in [1.54, 1.807) is 18.7 Å². The Balaban J connectivity index is 4.44. The van der Waals surface area contributed by atoms with Gasteiger partial charge in [-0.3, -0.25) is 4.79 Å². The molecular formula is C11H21NO3S. The van der Waals surface area contributed by atoms with Crippen molar-refractivity contribution in [2.75, 3.05) is 5.75 Å². The SMILES string of the molecule is CCSC(C(=O)NC(CC)C(=O)O)C(C)C. The van der Waals surface area contributed by atoms with Gasteiger partial charge in [0.25, 0.3) is 0 Å². The summed E-state index contributed by atoms with van der Waals surface area (Å²) in [5, 5.41) is 11.3. The first kappa shape index (κ1) is 15.3. The molecule has 0 heterocycles. The van der Waals surface area contributed by atoms with Gasteiger partial charge in [0.1, 0.15) is 6.04 Å². The van der Waals surface area contributed by atoms with Crippen LogP contribution in [0.3, 0.4) is 0 Å². The minimum Gasteiger partial charge on any atom is -0.480 e. The Morgan fingerprint density at radius 1 is 1.31 bits per heavy atom. The van der Waals surface area contributed by atoms with Crippen molar-refractivity contribution in [3.8, 4) is 0 Å². The number of carboxylic acid groups (broad SMARTS) is 1. The summed E-state index contributed by atoms with van der Waals surface area (Å²) >= 11 is 1.55. The number of amides is 1. The minimum absolute atomic E-state index is 0.168. The maximum absolute atomic E-state index is 11.9. The third kappa shape index (κ3) is 4.88. The lowest BCUT2D eigenvalue weighted by molar-refractivity contribution is -0.141. The van der Waals surface area contributed by atoms with Crippen molar-refractivity contribution >= 4 is 23.6 Å². The van der Waals surface area contributed by atoms with E-state index in [2.05, 4.69) is 5.32 Å². The number of rotatable bonds is 7. The Kier molecular flexibility index (Phi) is 7.21. The zero-order valence-corrected chi connectivity index (χ0v) is 11.1. The van der Waals surface area contributed by atoms with Crippen LogP contribution in [0.15, 0.2) is 0 Å². The first-order valence-corrected chi connectivity index (χ1v) is 6.63. The van der Waals surface area contributed by atoms with E-state index in [9.17, 15) is 9.59 Å². The van der Waals surface area contributed by atoms with Crippen LogP contribution in [0.25, 0.3) is 0 Å². The molecule has 5 heteroatoms. The number of carboxylic acids is 1. The molecule has 0 aliphatic rings. The van der Waals surface area contributed by atoms with Crippen LogP contribution in [0.2, 0.25) is 0 Å². The summed E-state index contributed by atoms with van der Waals surface area (Å²) in [6.45, 7) is 7.67. The number of thioether (sulfide) groups is 1. The normalized spacial score (nSPS) is 14.6. The van der Waals surface area contributed by atoms with Gasteiger partial charge in [-0.15, -0.1) is 11.8 Å².